The lowest BCUT2D eigenvalue weighted by molar-refractivity contribution is -0.697. The SMILES string of the molecule is CCCCCCCC[n+]1cc[c]cc1. The highest BCUT2D eigenvalue weighted by molar-refractivity contribution is 4.80. The van der Waals surface area contributed by atoms with Gasteiger partial charge in [0.05, 0.1) is 0 Å². The van der Waals surface area contributed by atoms with Gasteiger partial charge < -0.3 is 0 Å². The van der Waals surface area contributed by atoms with Crippen LogP contribution in [0, 0.1) is 6.07 Å². The number of aryl methyl sites for hydroxylation is 1. The first kappa shape index (κ1) is 11.2. The predicted octanol–water partition coefficient (Wildman–Crippen LogP) is 3.13. The predicted molar refractivity (Wildman–Crippen MR) is 58.8 cm³/mol. The van der Waals surface area contributed by atoms with Crippen molar-refractivity contribution < 1.29 is 4.57 Å². The van der Waals surface area contributed by atoms with Crippen molar-refractivity contribution in [2.45, 2.75) is 52.0 Å². The Morgan fingerprint density at radius 2 is 1.57 bits per heavy atom. The molecule has 1 radical (unpaired) electrons. The Kier molecular flexibility index (Phi) is 6.05. The summed E-state index contributed by atoms with van der Waals surface area (Å²) < 4.78 is 2.23. The molecule has 0 bridgehead atoms. The van der Waals surface area contributed by atoms with Crippen molar-refractivity contribution in [3.8, 4) is 0 Å². The van der Waals surface area contributed by atoms with Crippen LogP contribution in [0.2, 0.25) is 0 Å². The van der Waals surface area contributed by atoms with Gasteiger partial charge >= 0.3 is 0 Å². The number of unbranched alkanes of at least 4 members (excludes halogenated alkanes) is 5. The maximum absolute atomic E-state index is 3.03. The molecular weight excluding hydrogens is 170 g/mol. The van der Waals surface area contributed by atoms with Crippen LogP contribution in [0.5, 0.6) is 0 Å². The highest BCUT2D eigenvalue weighted by atomic mass is 14.9. The maximum atomic E-state index is 3.03. The van der Waals surface area contributed by atoms with Crippen LogP contribution >= 0.6 is 0 Å². The molecule has 1 heterocycles. The zero-order valence-electron chi connectivity index (χ0n) is 9.21. The van der Waals surface area contributed by atoms with Gasteiger partial charge in [-0.05, 0) is 12.5 Å². The molecule has 0 saturated heterocycles. The van der Waals surface area contributed by atoms with E-state index in [1.807, 2.05) is 12.1 Å². The van der Waals surface area contributed by atoms with Gasteiger partial charge in [-0.2, -0.15) is 0 Å². The van der Waals surface area contributed by atoms with E-state index >= 15 is 0 Å². The van der Waals surface area contributed by atoms with Gasteiger partial charge in [0.25, 0.3) is 0 Å². The minimum atomic E-state index is 1.15. The van der Waals surface area contributed by atoms with Crippen LogP contribution in [0.4, 0.5) is 0 Å². The van der Waals surface area contributed by atoms with Gasteiger partial charge in [-0.15, -0.1) is 0 Å². The topological polar surface area (TPSA) is 3.88 Å². The Bertz CT molecular complexity index is 218. The molecule has 0 unspecified atom stereocenters. The van der Waals surface area contributed by atoms with E-state index in [1.165, 1.54) is 38.5 Å². The third-order valence-electron chi connectivity index (χ3n) is 2.49. The Morgan fingerprint density at radius 1 is 0.929 bits per heavy atom. The van der Waals surface area contributed by atoms with Crippen molar-refractivity contribution in [3.05, 3.63) is 30.6 Å². The summed E-state index contributed by atoms with van der Waals surface area (Å²) in [6.45, 7) is 3.41. The van der Waals surface area contributed by atoms with Gasteiger partial charge in [0.15, 0.2) is 12.4 Å². The third kappa shape index (κ3) is 5.00. The number of rotatable bonds is 7. The van der Waals surface area contributed by atoms with Gasteiger partial charge in [-0.25, -0.2) is 4.57 Å². The number of pyridine rings is 1. The maximum Gasteiger partial charge on any atom is 0.169 e. The molecule has 77 valence electrons. The smallest absolute Gasteiger partial charge is 0.169 e. The van der Waals surface area contributed by atoms with Crippen molar-refractivity contribution >= 4 is 0 Å². The van der Waals surface area contributed by atoms with Gasteiger partial charge in [-0.1, -0.05) is 32.6 Å². The van der Waals surface area contributed by atoms with Crippen LogP contribution in [0.3, 0.4) is 0 Å². The average molecular weight is 191 g/mol. The van der Waals surface area contributed by atoms with Crippen molar-refractivity contribution in [1.82, 2.24) is 0 Å². The minimum Gasteiger partial charge on any atom is -0.205 e. The fourth-order valence-corrected chi connectivity index (χ4v) is 1.61. The van der Waals surface area contributed by atoms with E-state index in [1.54, 1.807) is 0 Å². The molecule has 0 saturated carbocycles. The van der Waals surface area contributed by atoms with Crippen molar-refractivity contribution in [2.24, 2.45) is 0 Å². The second-order valence-electron chi connectivity index (χ2n) is 3.80. The van der Waals surface area contributed by atoms with Gasteiger partial charge in [-0.3, -0.25) is 0 Å². The van der Waals surface area contributed by atoms with Crippen molar-refractivity contribution in [3.63, 3.8) is 0 Å². The number of hydrogen-bond donors (Lipinski definition) is 0. The molecule has 0 fully saturated rings. The molecule has 14 heavy (non-hydrogen) atoms. The minimum absolute atomic E-state index is 1.15. The lowest BCUT2D eigenvalue weighted by Gasteiger charge is -1.98. The molecule has 0 aliphatic heterocycles. The zero-order valence-corrected chi connectivity index (χ0v) is 9.21. The summed E-state index contributed by atoms with van der Waals surface area (Å²) in [5.41, 5.74) is 0. The molecule has 1 rings (SSSR count). The normalized spacial score (nSPS) is 10.4. The summed E-state index contributed by atoms with van der Waals surface area (Å²) in [6.07, 6.45) is 12.4. The summed E-state index contributed by atoms with van der Waals surface area (Å²) in [7, 11) is 0. The van der Waals surface area contributed by atoms with Crippen LogP contribution in [0.1, 0.15) is 45.4 Å². The fourth-order valence-electron chi connectivity index (χ4n) is 1.61. The van der Waals surface area contributed by atoms with Gasteiger partial charge in [0.1, 0.15) is 6.54 Å². The highest BCUT2D eigenvalue weighted by Gasteiger charge is 1.97. The van der Waals surface area contributed by atoms with E-state index in [4.69, 9.17) is 0 Å². The monoisotopic (exact) mass is 191 g/mol. The summed E-state index contributed by atoms with van der Waals surface area (Å²) >= 11 is 0. The van der Waals surface area contributed by atoms with Crippen LogP contribution in [0.25, 0.3) is 0 Å². The van der Waals surface area contributed by atoms with E-state index in [2.05, 4.69) is 30.0 Å². The van der Waals surface area contributed by atoms with E-state index in [-0.39, 0.29) is 0 Å². The standard InChI is InChI=1S/C13H21N/c1-2-3-4-5-6-8-11-14-12-9-7-10-13-14/h9-10,12-13H,2-6,8,11H2,1H3/q+1. The summed E-state index contributed by atoms with van der Waals surface area (Å²) in [4.78, 5) is 0. The lowest BCUT2D eigenvalue weighted by atomic mass is 10.1. The molecule has 1 heteroatoms. The molecule has 0 spiro atoms. The van der Waals surface area contributed by atoms with E-state index in [9.17, 15) is 0 Å². The number of aromatic nitrogens is 1. The summed E-state index contributed by atoms with van der Waals surface area (Å²) in [6, 6.07) is 6.97. The fraction of sp³-hybridized carbons (Fsp3) is 0.615. The molecule has 0 atom stereocenters. The molecule has 0 aliphatic carbocycles. The van der Waals surface area contributed by atoms with Gasteiger partial charge in [0.2, 0.25) is 0 Å². The Hall–Kier alpha value is -0.850. The second-order valence-corrected chi connectivity index (χ2v) is 3.80. The van der Waals surface area contributed by atoms with Crippen LogP contribution in [0.15, 0.2) is 24.5 Å². The number of hydrogen-bond acceptors (Lipinski definition) is 0. The molecule has 1 aromatic heterocycles. The quantitative estimate of drug-likeness (QED) is 0.460. The highest BCUT2D eigenvalue weighted by Crippen LogP contribution is 2.04. The molecular formula is C13H21N+. The average Bonchev–Trinajstić information content (AvgIpc) is 2.25. The van der Waals surface area contributed by atoms with Crippen LogP contribution in [-0.4, -0.2) is 0 Å². The first-order chi connectivity index (χ1) is 6.93. The van der Waals surface area contributed by atoms with Crippen LogP contribution < -0.4 is 4.57 Å². The van der Waals surface area contributed by atoms with Crippen LogP contribution in [-0.2, 0) is 6.54 Å². The Balaban J connectivity index is 1.99. The molecule has 0 N–H and O–H groups in total. The van der Waals surface area contributed by atoms with E-state index < -0.39 is 0 Å². The molecule has 1 nitrogen and oxygen atoms in total. The first-order valence-corrected chi connectivity index (χ1v) is 5.78. The first-order valence-electron chi connectivity index (χ1n) is 5.78. The second kappa shape index (κ2) is 7.54. The molecule has 0 aromatic carbocycles. The molecule has 0 aliphatic rings. The van der Waals surface area contributed by atoms with Gasteiger partial charge in [0, 0.05) is 18.6 Å². The summed E-state index contributed by atoms with van der Waals surface area (Å²) in [5, 5.41) is 0. The third-order valence-corrected chi connectivity index (χ3v) is 2.49. The molecule has 0 amide bonds. The molecule has 1 aromatic rings. The largest absolute Gasteiger partial charge is 0.205 e. The zero-order chi connectivity index (χ0) is 10.1. The van der Waals surface area contributed by atoms with Crippen molar-refractivity contribution in [2.75, 3.05) is 0 Å². The van der Waals surface area contributed by atoms with Crippen molar-refractivity contribution in [1.29, 1.82) is 0 Å². The summed E-state index contributed by atoms with van der Waals surface area (Å²) in [5.74, 6) is 0. The van der Waals surface area contributed by atoms with E-state index in [0.29, 0.717) is 0 Å². The lowest BCUT2D eigenvalue weighted by Crippen LogP contribution is -2.32. The Labute approximate surface area is 87.8 Å². The Morgan fingerprint density at radius 3 is 2.29 bits per heavy atom. The number of nitrogens with zero attached hydrogens (tertiary/aromatic N) is 1. The van der Waals surface area contributed by atoms with E-state index in [0.717, 1.165) is 6.54 Å².